The Balaban J connectivity index is 1.76. The summed E-state index contributed by atoms with van der Waals surface area (Å²) in [5.41, 5.74) is 4.65. The molecule has 0 fully saturated rings. The minimum absolute atomic E-state index is 0.299. The van der Waals surface area contributed by atoms with E-state index in [-0.39, 0.29) is 11.9 Å². The number of allylic oxidation sites excluding steroid dienone is 1. The molecule has 0 amide bonds. The molecule has 166 valence electrons. The topological polar surface area (TPSA) is 63.4 Å². The van der Waals surface area contributed by atoms with E-state index >= 15 is 0 Å². The molecule has 0 saturated carbocycles. The molecule has 1 aromatic heterocycles. The van der Waals surface area contributed by atoms with E-state index in [1.54, 1.807) is 19.2 Å². The zero-order chi connectivity index (χ0) is 22.7. The first-order valence-corrected chi connectivity index (χ1v) is 10.9. The highest BCUT2D eigenvalue weighted by atomic mass is 32.1. The zero-order valence-electron chi connectivity index (χ0n) is 18.3. The average molecular weight is 453 g/mol. The molecule has 4 rings (SSSR count). The van der Waals surface area contributed by atoms with Crippen molar-refractivity contribution in [1.29, 1.82) is 0 Å². The van der Waals surface area contributed by atoms with Gasteiger partial charge >= 0.3 is 0 Å². The molecule has 1 unspecified atom stereocenters. The smallest absolute Gasteiger partial charge is 0.258 e. The molecule has 3 aromatic rings. The summed E-state index contributed by atoms with van der Waals surface area (Å²) in [6.45, 7) is 5.16. The molecular weight excluding hydrogens is 427 g/mol. The number of ether oxygens (including phenoxy) is 1. The predicted molar refractivity (Wildman–Crippen MR) is 125 cm³/mol. The highest BCUT2D eigenvalue weighted by Gasteiger charge is 2.34. The second-order valence-electron chi connectivity index (χ2n) is 7.55. The highest BCUT2D eigenvalue weighted by Crippen LogP contribution is 2.37. The number of hydrogen-bond acceptors (Lipinski definition) is 5. The summed E-state index contributed by atoms with van der Waals surface area (Å²) >= 11 is 5.61. The van der Waals surface area contributed by atoms with Crippen LogP contribution in [0.4, 0.5) is 4.39 Å². The predicted octanol–water partition coefficient (Wildman–Crippen LogP) is 4.75. The van der Waals surface area contributed by atoms with Crippen molar-refractivity contribution in [2.24, 2.45) is 0 Å². The Morgan fingerprint density at radius 1 is 1.16 bits per heavy atom. The van der Waals surface area contributed by atoms with Crippen molar-refractivity contribution >= 4 is 22.9 Å². The summed E-state index contributed by atoms with van der Waals surface area (Å²) < 4.78 is 24.5. The quantitative estimate of drug-likeness (QED) is 0.519. The maximum absolute atomic E-state index is 13.6. The molecule has 1 aliphatic rings. The van der Waals surface area contributed by atoms with E-state index in [1.165, 1.54) is 17.7 Å². The molecule has 6 nitrogen and oxygen atoms in total. The number of methoxy groups -OCH3 is 1. The van der Waals surface area contributed by atoms with Gasteiger partial charge in [0.25, 0.3) is 5.89 Å². The second kappa shape index (κ2) is 9.58. The molecule has 1 aliphatic heterocycles. The molecule has 8 heteroatoms. The maximum atomic E-state index is 13.6. The van der Waals surface area contributed by atoms with E-state index in [0.29, 0.717) is 30.0 Å². The van der Waals surface area contributed by atoms with Crippen LogP contribution < -0.4 is 5.32 Å². The fourth-order valence-corrected chi connectivity index (χ4v) is 4.10. The van der Waals surface area contributed by atoms with Gasteiger partial charge in [-0.15, -0.1) is 0 Å². The van der Waals surface area contributed by atoms with E-state index in [0.717, 1.165) is 28.8 Å². The fourth-order valence-electron chi connectivity index (χ4n) is 3.76. The van der Waals surface area contributed by atoms with Gasteiger partial charge in [-0.2, -0.15) is 4.98 Å². The normalized spacial score (nSPS) is 16.4. The Morgan fingerprint density at radius 3 is 2.53 bits per heavy atom. The summed E-state index contributed by atoms with van der Waals surface area (Å²) in [6.07, 6.45) is 0.964. The lowest BCUT2D eigenvalue weighted by Gasteiger charge is -2.37. The number of hydrogen-bond donors (Lipinski definition) is 1. The molecule has 2 heterocycles. The number of halogens is 1. The van der Waals surface area contributed by atoms with Crippen molar-refractivity contribution in [2.75, 3.05) is 20.3 Å². The van der Waals surface area contributed by atoms with Gasteiger partial charge in [-0.25, -0.2) is 4.39 Å². The number of benzene rings is 2. The van der Waals surface area contributed by atoms with Gasteiger partial charge in [-0.05, 0) is 48.8 Å². The van der Waals surface area contributed by atoms with Gasteiger partial charge < -0.3 is 19.5 Å². The van der Waals surface area contributed by atoms with Crippen molar-refractivity contribution in [3.05, 3.63) is 77.1 Å². The molecule has 0 spiro atoms. The largest absolute Gasteiger partial charge is 0.383 e. The number of rotatable bonds is 7. The van der Waals surface area contributed by atoms with Crippen LogP contribution in [0, 0.1) is 5.82 Å². The van der Waals surface area contributed by atoms with Crippen LogP contribution in [0.5, 0.6) is 0 Å². The van der Waals surface area contributed by atoms with Gasteiger partial charge in [0.1, 0.15) is 5.82 Å². The van der Waals surface area contributed by atoms with Crippen molar-refractivity contribution in [3.63, 3.8) is 0 Å². The molecule has 32 heavy (non-hydrogen) atoms. The van der Waals surface area contributed by atoms with Crippen molar-refractivity contribution in [1.82, 2.24) is 20.4 Å². The van der Waals surface area contributed by atoms with Crippen molar-refractivity contribution < 1.29 is 13.7 Å². The second-order valence-corrected chi connectivity index (χ2v) is 7.94. The number of aromatic nitrogens is 2. The SMILES string of the molecule is CCc1ccc(-c2noc(C3=C(C)N(CCOC)C(=S)NC3c3ccc(F)cc3)n2)cc1. The maximum Gasteiger partial charge on any atom is 0.258 e. The van der Waals surface area contributed by atoms with Gasteiger partial charge in [0.15, 0.2) is 5.11 Å². The Labute approximate surface area is 192 Å². The van der Waals surface area contributed by atoms with Crippen LogP contribution in [0.25, 0.3) is 17.0 Å². The third-order valence-corrected chi connectivity index (χ3v) is 5.93. The minimum atomic E-state index is -0.349. The van der Waals surface area contributed by atoms with Crippen LogP contribution in [0.3, 0.4) is 0 Å². The van der Waals surface area contributed by atoms with Gasteiger partial charge in [0.2, 0.25) is 5.82 Å². The fraction of sp³-hybridized carbons (Fsp3) is 0.292. The van der Waals surface area contributed by atoms with E-state index in [2.05, 4.69) is 29.5 Å². The summed E-state index contributed by atoms with van der Waals surface area (Å²) in [5.74, 6) is 0.605. The summed E-state index contributed by atoms with van der Waals surface area (Å²) in [7, 11) is 1.65. The molecule has 0 radical (unpaired) electrons. The minimum Gasteiger partial charge on any atom is -0.383 e. The van der Waals surface area contributed by atoms with E-state index in [9.17, 15) is 4.39 Å². The Hall–Kier alpha value is -3.10. The molecule has 0 saturated heterocycles. The lowest BCUT2D eigenvalue weighted by atomic mass is 9.95. The van der Waals surface area contributed by atoms with Crippen LogP contribution in [0.2, 0.25) is 0 Å². The van der Waals surface area contributed by atoms with Crippen LogP contribution in [0.15, 0.2) is 58.8 Å². The molecule has 1 atom stereocenters. The van der Waals surface area contributed by atoms with Gasteiger partial charge in [0.05, 0.1) is 18.2 Å². The van der Waals surface area contributed by atoms with Crippen LogP contribution >= 0.6 is 12.2 Å². The summed E-state index contributed by atoms with van der Waals surface area (Å²) in [6, 6.07) is 14.1. The van der Waals surface area contributed by atoms with Gasteiger partial charge in [0, 0.05) is 24.9 Å². The average Bonchev–Trinajstić information content (AvgIpc) is 3.29. The number of aryl methyl sites for hydroxylation is 1. The van der Waals surface area contributed by atoms with Crippen molar-refractivity contribution in [2.45, 2.75) is 26.3 Å². The zero-order valence-corrected chi connectivity index (χ0v) is 19.1. The first kappa shape index (κ1) is 22.1. The van der Waals surface area contributed by atoms with Gasteiger partial charge in [-0.3, -0.25) is 0 Å². The monoisotopic (exact) mass is 452 g/mol. The molecular formula is C24H25FN4O2S. The standard InChI is InChI=1S/C24H25FN4O2S/c1-4-16-5-7-18(8-6-16)22-27-23(31-28-22)20-15(2)29(13-14-30-3)24(32)26-21(20)17-9-11-19(25)12-10-17/h5-12,21H,4,13-14H2,1-3H3,(H,26,32). The van der Waals surface area contributed by atoms with Crippen LogP contribution in [0.1, 0.15) is 36.9 Å². The summed E-state index contributed by atoms with van der Waals surface area (Å²) in [4.78, 5) is 6.64. The van der Waals surface area contributed by atoms with E-state index in [1.807, 2.05) is 24.0 Å². The van der Waals surface area contributed by atoms with Crippen LogP contribution in [-0.4, -0.2) is 40.4 Å². The first-order valence-electron chi connectivity index (χ1n) is 10.5. The molecule has 0 bridgehead atoms. The highest BCUT2D eigenvalue weighted by molar-refractivity contribution is 7.80. The van der Waals surface area contributed by atoms with E-state index in [4.69, 9.17) is 26.5 Å². The lowest BCUT2D eigenvalue weighted by molar-refractivity contribution is 0.183. The third kappa shape index (κ3) is 4.42. The van der Waals surface area contributed by atoms with E-state index < -0.39 is 0 Å². The summed E-state index contributed by atoms with van der Waals surface area (Å²) in [5, 5.41) is 8.13. The first-order chi connectivity index (χ1) is 15.5. The third-order valence-electron chi connectivity index (χ3n) is 5.60. The Kier molecular flexibility index (Phi) is 6.62. The molecule has 2 aromatic carbocycles. The van der Waals surface area contributed by atoms with Gasteiger partial charge in [-0.1, -0.05) is 48.5 Å². The molecule has 1 N–H and O–H groups in total. The number of nitrogens with zero attached hydrogens (tertiary/aromatic N) is 3. The Bertz CT molecular complexity index is 1130. The van der Waals surface area contributed by atoms with Crippen LogP contribution in [-0.2, 0) is 11.2 Å². The Morgan fingerprint density at radius 2 is 1.88 bits per heavy atom. The van der Waals surface area contributed by atoms with Crippen molar-refractivity contribution in [3.8, 4) is 11.4 Å². The molecule has 0 aliphatic carbocycles. The lowest BCUT2D eigenvalue weighted by Crippen LogP contribution is -2.47. The number of thiocarbonyl (C=S) groups is 1. The number of nitrogens with one attached hydrogen (secondary N) is 1.